The van der Waals surface area contributed by atoms with E-state index >= 15 is 0 Å². The van der Waals surface area contributed by atoms with E-state index < -0.39 is 5.91 Å². The van der Waals surface area contributed by atoms with Gasteiger partial charge in [-0.1, -0.05) is 18.2 Å². The molecule has 126 valence electrons. The highest BCUT2D eigenvalue weighted by Gasteiger charge is 2.31. The number of nitrogens with one attached hydrogen (secondary N) is 1. The van der Waals surface area contributed by atoms with Crippen LogP contribution in [-0.4, -0.2) is 52.7 Å². The number of aromatic nitrogens is 2. The van der Waals surface area contributed by atoms with Crippen molar-refractivity contribution in [3.63, 3.8) is 0 Å². The number of nitrogens with zero attached hydrogens (tertiary/aromatic N) is 3. The van der Waals surface area contributed by atoms with Gasteiger partial charge in [0.1, 0.15) is 5.69 Å². The van der Waals surface area contributed by atoms with Crippen LogP contribution >= 0.6 is 0 Å². The van der Waals surface area contributed by atoms with E-state index in [1.165, 1.54) is 10.7 Å². The molecule has 0 saturated carbocycles. The van der Waals surface area contributed by atoms with Crippen LogP contribution in [0, 0.1) is 0 Å². The molecule has 1 aromatic heterocycles. The molecule has 3 N–H and O–H groups in total. The van der Waals surface area contributed by atoms with Gasteiger partial charge >= 0.3 is 0 Å². The molecule has 2 aromatic rings. The first-order valence-corrected chi connectivity index (χ1v) is 8.02. The number of nitrogens with two attached hydrogens (primary N) is 1. The second-order valence-electron chi connectivity index (χ2n) is 5.88. The Kier molecular flexibility index (Phi) is 4.61. The zero-order chi connectivity index (χ0) is 17.1. The van der Waals surface area contributed by atoms with Crippen molar-refractivity contribution >= 4 is 11.8 Å². The number of amides is 2. The first-order valence-electron chi connectivity index (χ1n) is 8.02. The molecule has 1 aliphatic rings. The fourth-order valence-electron chi connectivity index (χ4n) is 3.13. The minimum atomic E-state index is -0.612. The zero-order valence-electron chi connectivity index (χ0n) is 13.6. The number of para-hydroxylation sites is 1. The largest absolute Gasteiger partial charge is 0.364 e. The summed E-state index contributed by atoms with van der Waals surface area (Å²) < 4.78 is 1.43. The lowest BCUT2D eigenvalue weighted by Crippen LogP contribution is -2.41. The normalized spacial score (nSPS) is 17.2. The minimum Gasteiger partial charge on any atom is -0.364 e. The maximum absolute atomic E-state index is 12.8. The molecule has 0 spiro atoms. The molecule has 1 fully saturated rings. The van der Waals surface area contributed by atoms with Crippen LogP contribution in [0.5, 0.6) is 0 Å². The Morgan fingerprint density at radius 3 is 2.75 bits per heavy atom. The maximum atomic E-state index is 12.8. The van der Waals surface area contributed by atoms with Gasteiger partial charge in [0, 0.05) is 25.2 Å². The van der Waals surface area contributed by atoms with Crippen LogP contribution in [0.25, 0.3) is 5.69 Å². The molecule has 0 bridgehead atoms. The molecule has 0 radical (unpaired) electrons. The van der Waals surface area contributed by atoms with E-state index in [1.807, 2.05) is 42.3 Å². The Labute approximate surface area is 140 Å². The molecule has 24 heavy (non-hydrogen) atoms. The third-order valence-electron chi connectivity index (χ3n) is 4.26. The van der Waals surface area contributed by atoms with E-state index in [0.717, 1.165) is 19.4 Å². The minimum absolute atomic E-state index is 0.154. The summed E-state index contributed by atoms with van der Waals surface area (Å²) in [7, 11) is 1.87. The molecule has 1 aromatic carbocycles. The van der Waals surface area contributed by atoms with Crippen molar-refractivity contribution in [2.45, 2.75) is 18.9 Å². The highest BCUT2D eigenvalue weighted by Crippen LogP contribution is 2.20. The van der Waals surface area contributed by atoms with Crippen LogP contribution < -0.4 is 11.1 Å². The van der Waals surface area contributed by atoms with Gasteiger partial charge in [-0.3, -0.25) is 9.59 Å². The van der Waals surface area contributed by atoms with Gasteiger partial charge in [0.15, 0.2) is 5.69 Å². The second-order valence-corrected chi connectivity index (χ2v) is 5.88. The monoisotopic (exact) mass is 327 g/mol. The highest BCUT2D eigenvalue weighted by atomic mass is 16.2. The van der Waals surface area contributed by atoms with Crippen LogP contribution in [0.3, 0.4) is 0 Å². The summed E-state index contributed by atoms with van der Waals surface area (Å²) in [6, 6.07) is 10.8. The molecule has 0 unspecified atom stereocenters. The molecule has 2 amide bonds. The summed E-state index contributed by atoms with van der Waals surface area (Å²) in [5.74, 6) is -0.775. The first kappa shape index (κ1) is 16.2. The third-order valence-corrected chi connectivity index (χ3v) is 4.26. The number of primary amides is 1. The Bertz CT molecular complexity index is 741. The van der Waals surface area contributed by atoms with Crippen LogP contribution in [0.1, 0.15) is 33.8 Å². The number of benzene rings is 1. The predicted octanol–water partition coefficient (Wildman–Crippen LogP) is 0.795. The van der Waals surface area contributed by atoms with Crippen LogP contribution in [0.15, 0.2) is 36.4 Å². The quantitative estimate of drug-likeness (QED) is 0.849. The lowest BCUT2D eigenvalue weighted by Gasteiger charge is -2.23. The maximum Gasteiger partial charge on any atom is 0.274 e. The van der Waals surface area contributed by atoms with Gasteiger partial charge in [-0.05, 0) is 32.0 Å². The number of hydrogen-bond acceptors (Lipinski definition) is 4. The Balaban J connectivity index is 1.94. The van der Waals surface area contributed by atoms with E-state index in [4.69, 9.17) is 5.73 Å². The molecular weight excluding hydrogens is 306 g/mol. The highest BCUT2D eigenvalue weighted by molar-refractivity contribution is 5.98. The Morgan fingerprint density at radius 1 is 1.33 bits per heavy atom. The van der Waals surface area contributed by atoms with Crippen LogP contribution in [-0.2, 0) is 0 Å². The number of carbonyl (C=O) groups excluding carboxylic acids is 2. The second kappa shape index (κ2) is 6.84. The van der Waals surface area contributed by atoms with E-state index in [1.54, 1.807) is 0 Å². The average Bonchev–Trinajstić information content (AvgIpc) is 3.22. The molecule has 0 aliphatic carbocycles. The fraction of sp³-hybridized carbons (Fsp3) is 0.353. The van der Waals surface area contributed by atoms with Gasteiger partial charge in [0.25, 0.3) is 11.8 Å². The smallest absolute Gasteiger partial charge is 0.274 e. The molecular formula is C17H21N5O2. The van der Waals surface area contributed by atoms with E-state index in [0.29, 0.717) is 12.2 Å². The number of rotatable bonds is 5. The van der Waals surface area contributed by atoms with Crippen molar-refractivity contribution in [2.24, 2.45) is 5.73 Å². The van der Waals surface area contributed by atoms with Gasteiger partial charge < -0.3 is 16.0 Å². The standard InChI is InChI=1S/C17H21N5O2/c1-19-11-13-8-5-9-21(13)17(24)14-10-15(16(18)23)22(20-14)12-6-3-2-4-7-12/h2-4,6-7,10,13,19H,5,8-9,11H2,1H3,(H2,18,23)/t13-/m1/s1. The van der Waals surface area contributed by atoms with Crippen molar-refractivity contribution in [1.29, 1.82) is 0 Å². The average molecular weight is 327 g/mol. The van der Waals surface area contributed by atoms with E-state index in [9.17, 15) is 9.59 Å². The van der Waals surface area contributed by atoms with Crippen molar-refractivity contribution in [3.8, 4) is 5.69 Å². The van der Waals surface area contributed by atoms with Crippen LogP contribution in [0.2, 0.25) is 0 Å². The zero-order valence-corrected chi connectivity index (χ0v) is 13.6. The summed E-state index contributed by atoms with van der Waals surface area (Å²) in [5, 5.41) is 7.46. The van der Waals surface area contributed by atoms with Gasteiger partial charge in [0.2, 0.25) is 0 Å². The topological polar surface area (TPSA) is 93.3 Å². The molecule has 1 atom stereocenters. The SMILES string of the molecule is CNC[C@H]1CCCN1C(=O)c1cc(C(N)=O)n(-c2ccccc2)n1. The molecule has 7 heteroatoms. The number of hydrogen-bond donors (Lipinski definition) is 2. The van der Waals surface area contributed by atoms with Gasteiger partial charge in [0.05, 0.1) is 5.69 Å². The van der Waals surface area contributed by atoms with Crippen molar-refractivity contribution in [2.75, 3.05) is 20.1 Å². The molecule has 1 saturated heterocycles. The third kappa shape index (κ3) is 3.03. The summed E-state index contributed by atoms with van der Waals surface area (Å²) in [6.07, 6.45) is 1.94. The number of carbonyl (C=O) groups is 2. The van der Waals surface area contributed by atoms with E-state index in [-0.39, 0.29) is 23.3 Å². The number of likely N-dealkylation sites (N-methyl/N-ethyl adjacent to an activating group) is 1. The summed E-state index contributed by atoms with van der Waals surface area (Å²) in [4.78, 5) is 26.4. The van der Waals surface area contributed by atoms with Crippen molar-refractivity contribution in [1.82, 2.24) is 20.0 Å². The van der Waals surface area contributed by atoms with Gasteiger partial charge in [-0.2, -0.15) is 5.10 Å². The summed E-state index contributed by atoms with van der Waals surface area (Å²) >= 11 is 0. The molecule has 1 aliphatic heterocycles. The summed E-state index contributed by atoms with van der Waals surface area (Å²) in [6.45, 7) is 1.45. The lowest BCUT2D eigenvalue weighted by atomic mass is 10.2. The fourth-order valence-corrected chi connectivity index (χ4v) is 3.13. The Hall–Kier alpha value is -2.67. The number of likely N-dealkylation sites (tertiary alicyclic amines) is 1. The molecule has 3 rings (SSSR count). The lowest BCUT2D eigenvalue weighted by molar-refractivity contribution is 0.0730. The Morgan fingerprint density at radius 2 is 2.08 bits per heavy atom. The molecule has 7 nitrogen and oxygen atoms in total. The molecule has 2 heterocycles. The predicted molar refractivity (Wildman–Crippen MR) is 90.1 cm³/mol. The van der Waals surface area contributed by atoms with Crippen molar-refractivity contribution in [3.05, 3.63) is 47.8 Å². The van der Waals surface area contributed by atoms with E-state index in [2.05, 4.69) is 10.4 Å². The van der Waals surface area contributed by atoms with Gasteiger partial charge in [-0.15, -0.1) is 0 Å². The first-order chi connectivity index (χ1) is 11.6. The van der Waals surface area contributed by atoms with Crippen molar-refractivity contribution < 1.29 is 9.59 Å². The van der Waals surface area contributed by atoms with Crippen LogP contribution in [0.4, 0.5) is 0 Å². The summed E-state index contributed by atoms with van der Waals surface area (Å²) in [5.41, 5.74) is 6.60. The van der Waals surface area contributed by atoms with Gasteiger partial charge in [-0.25, -0.2) is 4.68 Å².